The minimum atomic E-state index is -0.795. The minimum absolute atomic E-state index is 0.0576. The molecule has 0 aromatic rings. The quantitative estimate of drug-likeness (QED) is 0.788. The second-order valence-corrected chi connectivity index (χ2v) is 6.41. The summed E-state index contributed by atoms with van der Waals surface area (Å²) >= 11 is 0. The van der Waals surface area contributed by atoms with Crippen LogP contribution in [0.5, 0.6) is 0 Å². The molecule has 2 heterocycles. The molecule has 3 amide bonds. The smallest absolute Gasteiger partial charge is 0.320 e. The fourth-order valence-electron chi connectivity index (χ4n) is 3.10. The molecule has 0 aromatic carbocycles. The third-order valence-corrected chi connectivity index (χ3v) is 4.66. The third kappa shape index (κ3) is 3.46. The van der Waals surface area contributed by atoms with E-state index in [1.54, 1.807) is 16.7 Å². The monoisotopic (exact) mass is 297 g/mol. The van der Waals surface area contributed by atoms with Crippen molar-refractivity contribution in [3.63, 3.8) is 0 Å². The maximum absolute atomic E-state index is 12.4. The first-order valence-electron chi connectivity index (χ1n) is 7.37. The third-order valence-electron chi connectivity index (χ3n) is 4.66. The molecule has 0 saturated carbocycles. The molecule has 2 aliphatic heterocycles. The molecule has 118 valence electrons. The summed E-state index contributed by atoms with van der Waals surface area (Å²) in [5.74, 6) is -0.898. The molecule has 2 unspecified atom stereocenters. The topological polar surface area (TPSA) is 104 Å². The van der Waals surface area contributed by atoms with Crippen molar-refractivity contribution >= 4 is 17.9 Å². The number of carboxylic acid groups (broad SMARTS) is 1. The summed E-state index contributed by atoms with van der Waals surface area (Å²) in [7, 11) is 0. The molecule has 0 aliphatic carbocycles. The highest BCUT2D eigenvalue weighted by atomic mass is 16.4. The Bertz CT molecular complexity index is 454. The van der Waals surface area contributed by atoms with E-state index >= 15 is 0 Å². The van der Waals surface area contributed by atoms with E-state index in [1.807, 2.05) is 0 Å². The zero-order valence-electron chi connectivity index (χ0n) is 12.4. The van der Waals surface area contributed by atoms with Gasteiger partial charge in [0.25, 0.3) is 0 Å². The highest BCUT2D eigenvalue weighted by Gasteiger charge is 2.42. The summed E-state index contributed by atoms with van der Waals surface area (Å²) in [6.07, 6.45) is 2.21. The van der Waals surface area contributed by atoms with Crippen LogP contribution in [-0.2, 0) is 9.59 Å². The molecule has 2 aliphatic rings. The first-order chi connectivity index (χ1) is 9.82. The van der Waals surface area contributed by atoms with E-state index < -0.39 is 11.4 Å². The number of nitrogens with two attached hydrogens (primary N) is 1. The van der Waals surface area contributed by atoms with Gasteiger partial charge in [-0.3, -0.25) is 9.59 Å². The summed E-state index contributed by atoms with van der Waals surface area (Å²) < 4.78 is 0. The lowest BCUT2D eigenvalue weighted by Gasteiger charge is -2.26. The van der Waals surface area contributed by atoms with E-state index in [0.717, 1.165) is 6.42 Å². The van der Waals surface area contributed by atoms with Crippen molar-refractivity contribution in [2.24, 2.45) is 17.1 Å². The first kappa shape index (κ1) is 15.6. The fraction of sp³-hybridized carbons (Fsp3) is 0.786. The maximum atomic E-state index is 12.4. The Morgan fingerprint density at radius 2 is 2.00 bits per heavy atom. The second kappa shape index (κ2) is 5.91. The lowest BCUT2D eigenvalue weighted by molar-refractivity contribution is -0.137. The van der Waals surface area contributed by atoms with Crippen molar-refractivity contribution in [2.45, 2.75) is 32.6 Å². The second-order valence-electron chi connectivity index (χ2n) is 6.41. The summed E-state index contributed by atoms with van der Waals surface area (Å²) in [4.78, 5) is 37.9. The molecular weight excluding hydrogens is 274 g/mol. The molecule has 7 nitrogen and oxygen atoms in total. The zero-order chi connectivity index (χ0) is 15.6. The van der Waals surface area contributed by atoms with Gasteiger partial charge in [0.2, 0.25) is 5.91 Å². The van der Waals surface area contributed by atoms with Gasteiger partial charge in [-0.25, -0.2) is 4.79 Å². The zero-order valence-corrected chi connectivity index (χ0v) is 12.4. The number of hydrogen-bond acceptors (Lipinski definition) is 3. The summed E-state index contributed by atoms with van der Waals surface area (Å²) in [6.45, 7) is 3.98. The maximum Gasteiger partial charge on any atom is 0.320 e. The molecule has 3 N–H and O–H groups in total. The van der Waals surface area contributed by atoms with Gasteiger partial charge in [-0.1, -0.05) is 0 Å². The van der Waals surface area contributed by atoms with Crippen LogP contribution in [0.15, 0.2) is 0 Å². The lowest BCUT2D eigenvalue weighted by atomic mass is 9.89. The molecule has 2 fully saturated rings. The van der Waals surface area contributed by atoms with E-state index in [-0.39, 0.29) is 24.3 Å². The largest absolute Gasteiger partial charge is 0.481 e. The summed E-state index contributed by atoms with van der Waals surface area (Å²) in [5.41, 5.74) is 4.76. The number of aliphatic carboxylic acids is 1. The van der Waals surface area contributed by atoms with Crippen molar-refractivity contribution in [3.05, 3.63) is 0 Å². The standard InChI is InChI=1S/C14H23N3O4/c1-14(12(15)20)5-7-17(9-14)13(21)16-6-4-10(8-16)2-3-11(18)19/h10H,2-9H2,1H3,(H2,15,20)(H,18,19). The highest BCUT2D eigenvalue weighted by molar-refractivity contribution is 5.83. The Kier molecular flexibility index (Phi) is 4.39. The Labute approximate surface area is 124 Å². The van der Waals surface area contributed by atoms with Gasteiger partial charge in [-0.15, -0.1) is 0 Å². The Balaban J connectivity index is 1.85. The molecule has 7 heteroatoms. The fourth-order valence-corrected chi connectivity index (χ4v) is 3.10. The van der Waals surface area contributed by atoms with Crippen molar-refractivity contribution in [1.29, 1.82) is 0 Å². The molecule has 2 saturated heterocycles. The minimum Gasteiger partial charge on any atom is -0.481 e. The Hall–Kier alpha value is -1.79. The van der Waals surface area contributed by atoms with Gasteiger partial charge in [0, 0.05) is 32.6 Å². The van der Waals surface area contributed by atoms with Gasteiger partial charge < -0.3 is 20.6 Å². The molecular formula is C14H23N3O4. The van der Waals surface area contributed by atoms with E-state index in [0.29, 0.717) is 39.0 Å². The van der Waals surface area contributed by atoms with Crippen LogP contribution in [0.1, 0.15) is 32.6 Å². The van der Waals surface area contributed by atoms with Crippen molar-refractivity contribution in [3.8, 4) is 0 Å². The van der Waals surface area contributed by atoms with Crippen LogP contribution in [0.3, 0.4) is 0 Å². The normalized spacial score (nSPS) is 28.9. The molecule has 2 rings (SSSR count). The van der Waals surface area contributed by atoms with Gasteiger partial charge in [0.05, 0.1) is 5.41 Å². The average Bonchev–Trinajstić information content (AvgIpc) is 3.03. The number of carboxylic acids is 1. The highest BCUT2D eigenvalue weighted by Crippen LogP contribution is 2.31. The van der Waals surface area contributed by atoms with Crippen molar-refractivity contribution in [2.75, 3.05) is 26.2 Å². The number of carbonyl (C=O) groups excluding carboxylic acids is 2. The van der Waals surface area contributed by atoms with Gasteiger partial charge in [0.1, 0.15) is 0 Å². The number of hydrogen-bond donors (Lipinski definition) is 2. The van der Waals surface area contributed by atoms with Gasteiger partial charge >= 0.3 is 12.0 Å². The molecule has 0 bridgehead atoms. The SMILES string of the molecule is CC1(C(N)=O)CCN(C(=O)N2CCC(CCC(=O)O)C2)C1. The predicted molar refractivity (Wildman–Crippen MR) is 75.4 cm³/mol. The molecule has 0 radical (unpaired) electrons. The van der Waals surface area contributed by atoms with Gasteiger partial charge in [0.15, 0.2) is 0 Å². The van der Waals surface area contributed by atoms with Crippen LogP contribution in [0.2, 0.25) is 0 Å². The summed E-state index contributed by atoms with van der Waals surface area (Å²) in [6, 6.07) is -0.0576. The van der Waals surface area contributed by atoms with Crippen LogP contribution in [0.4, 0.5) is 4.79 Å². The van der Waals surface area contributed by atoms with E-state index in [9.17, 15) is 14.4 Å². The van der Waals surface area contributed by atoms with Gasteiger partial charge in [-0.2, -0.15) is 0 Å². The van der Waals surface area contributed by atoms with E-state index in [1.165, 1.54) is 0 Å². The van der Waals surface area contributed by atoms with Crippen LogP contribution in [-0.4, -0.2) is 59.0 Å². The Morgan fingerprint density at radius 1 is 1.29 bits per heavy atom. The van der Waals surface area contributed by atoms with Gasteiger partial charge in [-0.05, 0) is 32.1 Å². The number of likely N-dealkylation sites (tertiary alicyclic amines) is 2. The number of carbonyl (C=O) groups is 3. The summed E-state index contributed by atoms with van der Waals surface area (Å²) in [5, 5.41) is 8.70. The number of primary amides is 1. The predicted octanol–water partition coefficient (Wildman–Crippen LogP) is 0.490. The van der Waals surface area contributed by atoms with E-state index in [4.69, 9.17) is 10.8 Å². The number of nitrogens with zero attached hydrogens (tertiary/aromatic N) is 2. The van der Waals surface area contributed by atoms with Crippen molar-refractivity contribution in [1.82, 2.24) is 9.80 Å². The van der Waals surface area contributed by atoms with Crippen LogP contribution in [0, 0.1) is 11.3 Å². The Morgan fingerprint density at radius 3 is 2.57 bits per heavy atom. The molecule has 0 spiro atoms. The molecule has 21 heavy (non-hydrogen) atoms. The number of amides is 3. The van der Waals surface area contributed by atoms with Crippen LogP contribution >= 0.6 is 0 Å². The van der Waals surface area contributed by atoms with Crippen molar-refractivity contribution < 1.29 is 19.5 Å². The molecule has 0 aromatic heterocycles. The average molecular weight is 297 g/mol. The number of rotatable bonds is 4. The number of urea groups is 1. The van der Waals surface area contributed by atoms with Crippen LogP contribution in [0.25, 0.3) is 0 Å². The van der Waals surface area contributed by atoms with Crippen LogP contribution < -0.4 is 5.73 Å². The van der Waals surface area contributed by atoms with E-state index in [2.05, 4.69) is 0 Å². The first-order valence-corrected chi connectivity index (χ1v) is 7.37. The molecule has 2 atom stereocenters. The lowest BCUT2D eigenvalue weighted by Crippen LogP contribution is -2.43.